The molecule has 0 bridgehead atoms. The molecule has 2 aromatic carbocycles. The van der Waals surface area contributed by atoms with Crippen LogP contribution in [0.4, 0.5) is 0 Å². The van der Waals surface area contributed by atoms with Crippen LogP contribution >= 0.6 is 0 Å². The molecule has 0 aliphatic heterocycles. The topological polar surface area (TPSA) is 76.8 Å². The molecule has 0 amide bonds. The fourth-order valence-electron chi connectivity index (χ4n) is 2.40. The number of ether oxygens (including phenoxy) is 1. The molecule has 118 valence electrons. The molecule has 0 aliphatic rings. The number of H-pyrrole nitrogens is 1. The van der Waals surface area contributed by atoms with Crippen molar-refractivity contribution in [2.75, 3.05) is 7.11 Å². The molecule has 24 heavy (non-hydrogen) atoms. The molecule has 0 atom stereocenters. The third-order valence-corrected chi connectivity index (χ3v) is 3.63. The fourth-order valence-corrected chi connectivity index (χ4v) is 2.40. The van der Waals surface area contributed by atoms with Crippen LogP contribution in [0.15, 0.2) is 65.2 Å². The van der Waals surface area contributed by atoms with Crippen molar-refractivity contribution in [1.82, 2.24) is 20.3 Å². The average molecular weight is 318 g/mol. The summed E-state index contributed by atoms with van der Waals surface area (Å²) in [7, 11) is 1.64. The first-order valence-corrected chi connectivity index (χ1v) is 7.43. The number of rotatable bonds is 4. The van der Waals surface area contributed by atoms with E-state index in [9.17, 15) is 0 Å². The van der Waals surface area contributed by atoms with Gasteiger partial charge in [-0.25, -0.2) is 0 Å². The van der Waals surface area contributed by atoms with E-state index in [1.54, 1.807) is 7.11 Å². The highest BCUT2D eigenvalue weighted by Gasteiger charge is 2.14. The third kappa shape index (κ3) is 2.65. The van der Waals surface area contributed by atoms with Crippen molar-refractivity contribution < 1.29 is 9.26 Å². The van der Waals surface area contributed by atoms with Crippen molar-refractivity contribution in [2.45, 2.75) is 0 Å². The van der Waals surface area contributed by atoms with Gasteiger partial charge in [0.15, 0.2) is 0 Å². The predicted octanol–water partition coefficient (Wildman–Crippen LogP) is 3.80. The summed E-state index contributed by atoms with van der Waals surface area (Å²) in [6, 6.07) is 19.2. The summed E-state index contributed by atoms with van der Waals surface area (Å²) in [5, 5.41) is 11.3. The highest BCUT2D eigenvalue weighted by Crippen LogP contribution is 2.26. The van der Waals surface area contributed by atoms with Crippen molar-refractivity contribution in [1.29, 1.82) is 0 Å². The van der Waals surface area contributed by atoms with Gasteiger partial charge in [0.25, 0.3) is 5.89 Å². The standard InChI is InChI=1S/C18H14N4O2/c1-23-14-9-5-8-13(10-14)15-11-16(21-20-15)18-19-17(22-24-18)12-6-3-2-4-7-12/h2-11H,1H3,(H,20,21). The summed E-state index contributed by atoms with van der Waals surface area (Å²) < 4.78 is 10.6. The van der Waals surface area contributed by atoms with E-state index >= 15 is 0 Å². The first-order valence-electron chi connectivity index (χ1n) is 7.43. The zero-order valence-corrected chi connectivity index (χ0v) is 12.9. The van der Waals surface area contributed by atoms with Crippen LogP contribution in [0, 0.1) is 0 Å². The highest BCUT2D eigenvalue weighted by atomic mass is 16.5. The maximum Gasteiger partial charge on any atom is 0.276 e. The van der Waals surface area contributed by atoms with Crippen molar-refractivity contribution in [2.24, 2.45) is 0 Å². The van der Waals surface area contributed by atoms with Gasteiger partial charge in [0, 0.05) is 11.1 Å². The van der Waals surface area contributed by atoms with Gasteiger partial charge in [0.05, 0.1) is 12.8 Å². The van der Waals surface area contributed by atoms with Crippen LogP contribution in [0.3, 0.4) is 0 Å². The highest BCUT2D eigenvalue weighted by molar-refractivity contribution is 5.66. The molecule has 0 aliphatic carbocycles. The van der Waals surface area contributed by atoms with Crippen molar-refractivity contribution in [3.8, 4) is 40.0 Å². The molecule has 0 saturated carbocycles. The molecule has 2 aromatic heterocycles. The normalized spacial score (nSPS) is 10.7. The summed E-state index contributed by atoms with van der Waals surface area (Å²) in [5.41, 5.74) is 3.30. The molecule has 0 fully saturated rings. The van der Waals surface area contributed by atoms with Crippen LogP contribution in [0.5, 0.6) is 5.75 Å². The van der Waals surface area contributed by atoms with Crippen molar-refractivity contribution >= 4 is 0 Å². The smallest absolute Gasteiger partial charge is 0.276 e. The Hall–Kier alpha value is -3.41. The summed E-state index contributed by atoms with van der Waals surface area (Å²) in [4.78, 5) is 4.42. The molecule has 1 N–H and O–H groups in total. The van der Waals surface area contributed by atoms with Gasteiger partial charge in [0.2, 0.25) is 5.82 Å². The second-order valence-electron chi connectivity index (χ2n) is 5.19. The Morgan fingerprint density at radius 3 is 2.62 bits per heavy atom. The lowest BCUT2D eigenvalue weighted by Crippen LogP contribution is -1.83. The number of aromatic nitrogens is 4. The molecule has 0 spiro atoms. The molecule has 4 rings (SSSR count). The zero-order valence-electron chi connectivity index (χ0n) is 12.9. The van der Waals surface area contributed by atoms with Gasteiger partial charge in [-0.15, -0.1) is 0 Å². The quantitative estimate of drug-likeness (QED) is 0.619. The number of aromatic amines is 1. The Kier molecular flexibility index (Phi) is 3.55. The minimum absolute atomic E-state index is 0.399. The Balaban J connectivity index is 1.64. The Morgan fingerprint density at radius 2 is 1.79 bits per heavy atom. The predicted molar refractivity (Wildman–Crippen MR) is 89.3 cm³/mol. The number of hydrogen-bond acceptors (Lipinski definition) is 5. The van der Waals surface area contributed by atoms with Crippen LogP contribution in [-0.4, -0.2) is 27.4 Å². The van der Waals surface area contributed by atoms with E-state index in [4.69, 9.17) is 9.26 Å². The lowest BCUT2D eigenvalue weighted by atomic mass is 10.1. The first-order chi connectivity index (χ1) is 11.8. The number of benzene rings is 2. The minimum atomic E-state index is 0.399. The summed E-state index contributed by atoms with van der Waals surface area (Å²) in [6.07, 6.45) is 0. The fraction of sp³-hybridized carbons (Fsp3) is 0.0556. The van der Waals surface area contributed by atoms with E-state index in [-0.39, 0.29) is 0 Å². The maximum absolute atomic E-state index is 5.34. The number of nitrogens with zero attached hydrogens (tertiary/aromatic N) is 3. The molecular weight excluding hydrogens is 304 g/mol. The third-order valence-electron chi connectivity index (χ3n) is 3.63. The van der Waals surface area contributed by atoms with Crippen LogP contribution in [0.25, 0.3) is 34.2 Å². The van der Waals surface area contributed by atoms with Gasteiger partial charge < -0.3 is 9.26 Å². The van der Waals surface area contributed by atoms with Crippen LogP contribution in [-0.2, 0) is 0 Å². The Labute approximate surface area is 138 Å². The second kappa shape index (κ2) is 6.00. The summed E-state index contributed by atoms with van der Waals surface area (Å²) in [5.74, 6) is 1.72. The summed E-state index contributed by atoms with van der Waals surface area (Å²) >= 11 is 0. The van der Waals surface area contributed by atoms with Gasteiger partial charge >= 0.3 is 0 Å². The van der Waals surface area contributed by atoms with Gasteiger partial charge in [-0.3, -0.25) is 5.10 Å². The molecule has 0 radical (unpaired) electrons. The van der Waals surface area contributed by atoms with Crippen molar-refractivity contribution in [3.05, 3.63) is 60.7 Å². The molecule has 6 nitrogen and oxygen atoms in total. The van der Waals surface area contributed by atoms with Gasteiger partial charge in [-0.1, -0.05) is 47.6 Å². The molecular formula is C18H14N4O2. The van der Waals surface area contributed by atoms with Crippen LogP contribution < -0.4 is 4.74 Å². The average Bonchev–Trinajstić information content (AvgIpc) is 3.32. The van der Waals surface area contributed by atoms with Crippen LogP contribution in [0.2, 0.25) is 0 Å². The van der Waals surface area contributed by atoms with Gasteiger partial charge in [0.1, 0.15) is 11.4 Å². The summed E-state index contributed by atoms with van der Waals surface area (Å²) in [6.45, 7) is 0. The Bertz CT molecular complexity index is 960. The second-order valence-corrected chi connectivity index (χ2v) is 5.19. The van der Waals surface area contributed by atoms with Crippen molar-refractivity contribution in [3.63, 3.8) is 0 Å². The van der Waals surface area contributed by atoms with E-state index in [2.05, 4.69) is 20.3 Å². The lowest BCUT2D eigenvalue weighted by molar-refractivity contribution is 0.415. The molecule has 6 heteroatoms. The van der Waals surface area contributed by atoms with E-state index in [0.717, 1.165) is 22.6 Å². The molecule has 4 aromatic rings. The van der Waals surface area contributed by atoms with E-state index in [1.807, 2.05) is 60.7 Å². The van der Waals surface area contributed by atoms with Gasteiger partial charge in [-0.2, -0.15) is 10.1 Å². The molecule has 0 saturated heterocycles. The first kappa shape index (κ1) is 14.2. The SMILES string of the molecule is COc1cccc(-c2cc(-c3nc(-c4ccccc4)no3)[nH]n2)c1. The molecule has 2 heterocycles. The maximum atomic E-state index is 5.34. The largest absolute Gasteiger partial charge is 0.497 e. The van der Waals surface area contributed by atoms with Crippen LogP contribution in [0.1, 0.15) is 0 Å². The molecule has 0 unspecified atom stereocenters. The Morgan fingerprint density at radius 1 is 0.958 bits per heavy atom. The number of nitrogens with one attached hydrogen (secondary N) is 1. The van der Waals surface area contributed by atoms with E-state index < -0.39 is 0 Å². The zero-order chi connectivity index (χ0) is 16.4. The van der Waals surface area contributed by atoms with E-state index in [0.29, 0.717) is 17.4 Å². The lowest BCUT2D eigenvalue weighted by Gasteiger charge is -2.00. The van der Waals surface area contributed by atoms with Gasteiger partial charge in [-0.05, 0) is 18.2 Å². The number of methoxy groups -OCH3 is 1. The van der Waals surface area contributed by atoms with E-state index in [1.165, 1.54) is 0 Å². The number of hydrogen-bond donors (Lipinski definition) is 1. The monoisotopic (exact) mass is 318 g/mol. The minimum Gasteiger partial charge on any atom is -0.497 e.